The van der Waals surface area contributed by atoms with Crippen LogP contribution in [-0.2, 0) is 12.0 Å². The van der Waals surface area contributed by atoms with Crippen LogP contribution in [0.2, 0.25) is 0 Å². The topological polar surface area (TPSA) is 57.6 Å². The lowest BCUT2D eigenvalue weighted by atomic mass is 9.74. The summed E-state index contributed by atoms with van der Waals surface area (Å²) in [4.78, 5) is 14.0. The molecule has 1 fully saturated rings. The molecule has 2 atom stereocenters. The number of hydrogen-bond donors (Lipinski definition) is 1. The number of fused-ring (bicyclic) bond motifs is 4. The molecule has 216 valence electrons. The summed E-state index contributed by atoms with van der Waals surface area (Å²) < 4.78 is 8.10. The third kappa shape index (κ3) is 4.73. The summed E-state index contributed by atoms with van der Waals surface area (Å²) >= 11 is 0. The van der Waals surface area contributed by atoms with Gasteiger partial charge in [-0.1, -0.05) is 74.7 Å². The average molecular weight is 570 g/mol. The minimum atomic E-state index is -0.960. The van der Waals surface area contributed by atoms with Crippen LogP contribution in [0.15, 0.2) is 95.4 Å². The summed E-state index contributed by atoms with van der Waals surface area (Å²) in [5.74, 6) is -0.268. The van der Waals surface area contributed by atoms with Gasteiger partial charge >= 0.3 is 11.9 Å². The molecule has 43 heavy (non-hydrogen) atoms. The van der Waals surface area contributed by atoms with Gasteiger partial charge in [-0.25, -0.2) is 4.79 Å². The summed E-state index contributed by atoms with van der Waals surface area (Å²) in [6.45, 7) is 5.27. The molecule has 2 aliphatic rings. The highest BCUT2D eigenvalue weighted by atomic mass is 16.4. The first-order valence-electron chi connectivity index (χ1n) is 15.4. The minimum Gasteiger partial charge on any atom is -0.478 e. The molecule has 1 N–H and O–H groups in total. The molecule has 7 rings (SSSR count). The molecule has 5 heteroatoms. The maximum absolute atomic E-state index is 11.4. The molecule has 0 amide bonds. The molecule has 0 bridgehead atoms. The van der Waals surface area contributed by atoms with Crippen LogP contribution in [0.5, 0.6) is 0 Å². The number of aromatic nitrogens is 1. The summed E-state index contributed by atoms with van der Waals surface area (Å²) in [6.07, 6.45) is 10.3. The van der Waals surface area contributed by atoms with Crippen LogP contribution in [0.3, 0.4) is 0 Å². The van der Waals surface area contributed by atoms with E-state index in [1.807, 2.05) is 18.2 Å². The highest BCUT2D eigenvalue weighted by Gasteiger charge is 2.48. The summed E-state index contributed by atoms with van der Waals surface area (Å²) in [5, 5.41) is 9.35. The van der Waals surface area contributed by atoms with Gasteiger partial charge in [0.05, 0.1) is 11.6 Å². The standard InChI is InChI=1S/C38H36N2O3/c1-3-39-33-21-19-29(37(41)42)25-34(33)43-36(39)22-15-26-13-16-27(17-14-26)28-18-20-32-31(24-28)38(2)23-9-5-8-12-35(38)40(32)30-10-6-4-7-11-30/h4,6-7,10-11,13-22,24-25,35H,3,5,8-9,12,23H2,1-2H3/p+1. The SMILES string of the molecule is CC[n+]1c(/C=C/c2ccc(-c3ccc4c(c3)C3(C)CCCCCC3N4c3ccccc3)cc2)oc2cc(C(=O)O)ccc21. The number of hydrogen-bond acceptors (Lipinski definition) is 3. The first-order valence-corrected chi connectivity index (χ1v) is 15.4. The second-order valence-corrected chi connectivity index (χ2v) is 12.1. The Morgan fingerprint density at radius 3 is 2.51 bits per heavy atom. The normalized spacial score (nSPS) is 19.9. The molecule has 5 nitrogen and oxygen atoms in total. The lowest BCUT2D eigenvalue weighted by molar-refractivity contribution is -0.674. The Balaban J connectivity index is 1.19. The molecular formula is C38H37N2O3+. The van der Waals surface area contributed by atoms with Gasteiger partial charge in [-0.05, 0) is 78.4 Å². The van der Waals surface area contributed by atoms with Crippen LogP contribution in [0, 0.1) is 0 Å². The first kappa shape index (κ1) is 27.2. The number of carbonyl (C=O) groups is 1. The van der Waals surface area contributed by atoms with Crippen LogP contribution >= 0.6 is 0 Å². The number of aromatic carboxylic acids is 1. The summed E-state index contributed by atoms with van der Waals surface area (Å²) in [6, 6.07) is 32.2. The Bertz CT molecular complexity index is 1840. The van der Waals surface area contributed by atoms with Crippen molar-refractivity contribution in [2.75, 3.05) is 4.90 Å². The van der Waals surface area contributed by atoms with Crippen molar-refractivity contribution in [1.82, 2.24) is 0 Å². The number of anilines is 2. The zero-order chi connectivity index (χ0) is 29.6. The third-order valence-electron chi connectivity index (χ3n) is 9.58. The molecule has 0 saturated heterocycles. The molecule has 1 saturated carbocycles. The Labute approximate surface area is 252 Å². The average Bonchev–Trinajstić information content (AvgIpc) is 3.43. The molecule has 0 radical (unpaired) electrons. The minimum absolute atomic E-state index is 0.132. The predicted molar refractivity (Wildman–Crippen MR) is 173 cm³/mol. The van der Waals surface area contributed by atoms with Gasteiger partial charge in [0.25, 0.3) is 5.52 Å². The summed E-state index contributed by atoms with van der Waals surface area (Å²) in [5.41, 5.74) is 9.47. The molecule has 2 unspecified atom stereocenters. The molecule has 4 aromatic carbocycles. The number of carboxylic acid groups (broad SMARTS) is 1. The van der Waals surface area contributed by atoms with Gasteiger partial charge in [0.2, 0.25) is 5.58 Å². The third-order valence-corrected chi connectivity index (χ3v) is 9.58. The van der Waals surface area contributed by atoms with Gasteiger partial charge in [0, 0.05) is 35.0 Å². The van der Waals surface area contributed by atoms with E-state index in [2.05, 4.69) is 96.1 Å². The monoisotopic (exact) mass is 569 g/mol. The maximum atomic E-state index is 11.4. The number of carboxylic acids is 1. The zero-order valence-corrected chi connectivity index (χ0v) is 24.8. The predicted octanol–water partition coefficient (Wildman–Crippen LogP) is 9.02. The number of oxazole rings is 1. The molecule has 1 aliphatic heterocycles. The van der Waals surface area contributed by atoms with Gasteiger partial charge in [-0.15, -0.1) is 0 Å². The van der Waals surface area contributed by atoms with E-state index in [0.29, 0.717) is 17.5 Å². The summed E-state index contributed by atoms with van der Waals surface area (Å²) in [7, 11) is 0. The van der Waals surface area contributed by atoms with Crippen LogP contribution < -0.4 is 9.47 Å². The number of aryl methyl sites for hydroxylation is 1. The highest BCUT2D eigenvalue weighted by Crippen LogP contribution is 2.54. The maximum Gasteiger partial charge on any atom is 0.374 e. The van der Waals surface area contributed by atoms with E-state index < -0.39 is 5.97 Å². The first-order chi connectivity index (χ1) is 21.0. The number of benzene rings is 4. The fourth-order valence-electron chi connectivity index (χ4n) is 7.32. The van der Waals surface area contributed by atoms with E-state index in [-0.39, 0.29) is 11.0 Å². The Morgan fingerprint density at radius 1 is 0.953 bits per heavy atom. The Kier molecular flexibility index (Phi) is 6.89. The van der Waals surface area contributed by atoms with Crippen LogP contribution in [-0.4, -0.2) is 17.1 Å². The van der Waals surface area contributed by atoms with Crippen molar-refractivity contribution >= 4 is 40.6 Å². The molecular weight excluding hydrogens is 532 g/mol. The van der Waals surface area contributed by atoms with Gasteiger partial charge in [-0.2, -0.15) is 4.57 Å². The van der Waals surface area contributed by atoms with Crippen LogP contribution in [0.25, 0.3) is 34.4 Å². The fraction of sp³-hybridized carbons (Fsp3) is 0.263. The van der Waals surface area contributed by atoms with Gasteiger partial charge in [-0.3, -0.25) is 0 Å². The molecule has 1 aromatic heterocycles. The lowest BCUT2D eigenvalue weighted by Gasteiger charge is -2.35. The smallest absolute Gasteiger partial charge is 0.374 e. The number of nitrogens with zero attached hydrogens (tertiary/aromatic N) is 2. The van der Waals surface area contributed by atoms with Gasteiger partial charge in [0.1, 0.15) is 6.54 Å². The number of para-hydroxylation sites is 1. The van der Waals surface area contributed by atoms with Crippen molar-refractivity contribution in [2.45, 2.75) is 64.0 Å². The van der Waals surface area contributed by atoms with E-state index in [9.17, 15) is 9.90 Å². The van der Waals surface area contributed by atoms with E-state index in [4.69, 9.17) is 4.42 Å². The number of rotatable bonds is 6. The van der Waals surface area contributed by atoms with Crippen molar-refractivity contribution in [2.24, 2.45) is 0 Å². The fourth-order valence-corrected chi connectivity index (χ4v) is 7.32. The van der Waals surface area contributed by atoms with Crippen molar-refractivity contribution in [3.8, 4) is 11.1 Å². The van der Waals surface area contributed by atoms with Crippen molar-refractivity contribution in [3.05, 3.63) is 114 Å². The lowest BCUT2D eigenvalue weighted by Crippen LogP contribution is -2.40. The van der Waals surface area contributed by atoms with E-state index in [0.717, 1.165) is 17.6 Å². The Morgan fingerprint density at radius 2 is 1.74 bits per heavy atom. The molecule has 2 heterocycles. The van der Waals surface area contributed by atoms with Crippen molar-refractivity contribution in [1.29, 1.82) is 0 Å². The molecule has 5 aromatic rings. The molecule has 0 spiro atoms. The molecule has 1 aliphatic carbocycles. The van der Waals surface area contributed by atoms with Gasteiger partial charge < -0.3 is 14.4 Å². The van der Waals surface area contributed by atoms with Crippen LogP contribution in [0.1, 0.15) is 73.3 Å². The van der Waals surface area contributed by atoms with E-state index in [1.54, 1.807) is 12.1 Å². The Hall–Kier alpha value is -4.64. The van der Waals surface area contributed by atoms with Crippen LogP contribution in [0.4, 0.5) is 11.4 Å². The largest absolute Gasteiger partial charge is 0.478 e. The zero-order valence-electron chi connectivity index (χ0n) is 24.8. The van der Waals surface area contributed by atoms with Gasteiger partial charge in [0.15, 0.2) is 0 Å². The quantitative estimate of drug-likeness (QED) is 0.207. The van der Waals surface area contributed by atoms with E-state index in [1.165, 1.54) is 60.2 Å². The second kappa shape index (κ2) is 10.9. The second-order valence-electron chi connectivity index (χ2n) is 12.1. The van der Waals surface area contributed by atoms with Crippen molar-refractivity contribution in [3.63, 3.8) is 0 Å². The van der Waals surface area contributed by atoms with Crippen molar-refractivity contribution < 1.29 is 18.9 Å². The van der Waals surface area contributed by atoms with E-state index >= 15 is 0 Å². The highest BCUT2D eigenvalue weighted by molar-refractivity contribution is 5.91.